The molecular weight excluding hydrogens is 272 g/mol. The van der Waals surface area contributed by atoms with Gasteiger partial charge in [-0.2, -0.15) is 0 Å². The van der Waals surface area contributed by atoms with Crippen molar-refractivity contribution in [3.63, 3.8) is 0 Å². The van der Waals surface area contributed by atoms with E-state index < -0.39 is 0 Å². The van der Waals surface area contributed by atoms with Gasteiger partial charge < -0.3 is 10.6 Å². The average Bonchev–Trinajstić information content (AvgIpc) is 2.53. The van der Waals surface area contributed by atoms with E-state index in [1.165, 1.54) is 5.06 Å². The quantitative estimate of drug-likeness (QED) is 0.857. The first-order valence-corrected chi connectivity index (χ1v) is 7.01. The Bertz CT molecular complexity index is 483. The van der Waals surface area contributed by atoms with Gasteiger partial charge in [0, 0.05) is 25.0 Å². The summed E-state index contributed by atoms with van der Waals surface area (Å²) in [4.78, 5) is 32.7. The molecule has 2 heterocycles. The van der Waals surface area contributed by atoms with Crippen molar-refractivity contribution in [2.75, 3.05) is 19.7 Å². The predicted octanol–water partition coefficient (Wildman–Crippen LogP) is 0.743. The first kappa shape index (κ1) is 15.2. The lowest BCUT2D eigenvalue weighted by molar-refractivity contribution is -0.195. The monoisotopic (exact) mass is 292 g/mol. The summed E-state index contributed by atoms with van der Waals surface area (Å²) in [6, 6.07) is 3.39. The molecule has 1 saturated heterocycles. The van der Waals surface area contributed by atoms with Gasteiger partial charge in [0.15, 0.2) is 0 Å². The number of amides is 3. The Morgan fingerprint density at radius 3 is 2.86 bits per heavy atom. The summed E-state index contributed by atoms with van der Waals surface area (Å²) in [6.45, 7) is 3.33. The highest BCUT2D eigenvalue weighted by Crippen LogP contribution is 2.05. The molecule has 0 atom stereocenters. The molecule has 0 unspecified atom stereocenters. The van der Waals surface area contributed by atoms with E-state index in [2.05, 4.69) is 15.6 Å². The number of aromatic nitrogens is 1. The fraction of sp³-hybridized carbons (Fsp3) is 0.500. The molecule has 1 fully saturated rings. The first-order valence-electron chi connectivity index (χ1n) is 7.01. The van der Waals surface area contributed by atoms with Gasteiger partial charge in [-0.1, -0.05) is 6.07 Å². The predicted molar refractivity (Wildman–Crippen MR) is 76.1 cm³/mol. The molecule has 1 aromatic rings. The summed E-state index contributed by atoms with van der Waals surface area (Å²) in [5.41, 5.74) is 1.83. The second-order valence-electron chi connectivity index (χ2n) is 4.88. The number of hydrogen-bond donors (Lipinski definition) is 2. The number of carbonyl (C=O) groups excluding carboxylic acids is 2. The van der Waals surface area contributed by atoms with Gasteiger partial charge in [0.25, 0.3) is 5.91 Å². The van der Waals surface area contributed by atoms with E-state index in [1.54, 1.807) is 6.20 Å². The van der Waals surface area contributed by atoms with Gasteiger partial charge in [0.05, 0.1) is 6.61 Å². The number of nitrogens with zero attached hydrogens (tertiary/aromatic N) is 2. The molecule has 1 aromatic heterocycles. The van der Waals surface area contributed by atoms with Crippen LogP contribution in [0.15, 0.2) is 18.3 Å². The van der Waals surface area contributed by atoms with Crippen LogP contribution < -0.4 is 10.6 Å². The summed E-state index contributed by atoms with van der Waals surface area (Å²) < 4.78 is 0. The van der Waals surface area contributed by atoms with E-state index in [0.29, 0.717) is 19.7 Å². The Hall–Kier alpha value is -2.15. The number of hydrogen-bond acceptors (Lipinski definition) is 4. The Labute approximate surface area is 123 Å². The molecule has 1 aliphatic rings. The van der Waals surface area contributed by atoms with Crippen molar-refractivity contribution in [2.45, 2.75) is 26.3 Å². The van der Waals surface area contributed by atoms with E-state index in [-0.39, 0.29) is 18.5 Å². The van der Waals surface area contributed by atoms with Gasteiger partial charge >= 0.3 is 6.03 Å². The Morgan fingerprint density at radius 2 is 2.19 bits per heavy atom. The van der Waals surface area contributed by atoms with Crippen molar-refractivity contribution in [3.8, 4) is 0 Å². The highest BCUT2D eigenvalue weighted by Gasteiger charge is 2.17. The van der Waals surface area contributed by atoms with Gasteiger partial charge in [-0.25, -0.2) is 9.86 Å². The lowest BCUT2D eigenvalue weighted by Gasteiger charge is -2.25. The zero-order chi connectivity index (χ0) is 15.1. The van der Waals surface area contributed by atoms with E-state index >= 15 is 0 Å². The third kappa shape index (κ3) is 5.03. The number of hydroxylamine groups is 2. The van der Waals surface area contributed by atoms with Crippen LogP contribution in [0.25, 0.3) is 0 Å². The van der Waals surface area contributed by atoms with Crippen LogP contribution in [-0.4, -0.2) is 41.7 Å². The van der Waals surface area contributed by atoms with E-state index in [1.807, 2.05) is 19.1 Å². The number of nitrogens with one attached hydrogen (secondary N) is 2. The third-order valence-electron chi connectivity index (χ3n) is 3.11. The molecule has 0 saturated carbocycles. The Balaban J connectivity index is 1.67. The molecule has 0 aliphatic carbocycles. The maximum Gasteiger partial charge on any atom is 0.315 e. The molecule has 114 valence electrons. The van der Waals surface area contributed by atoms with Crippen molar-refractivity contribution < 1.29 is 14.4 Å². The van der Waals surface area contributed by atoms with Gasteiger partial charge in [-0.05, 0) is 31.4 Å². The molecule has 0 aromatic carbocycles. The lowest BCUT2D eigenvalue weighted by Crippen LogP contribution is -2.45. The molecule has 3 amide bonds. The van der Waals surface area contributed by atoms with Crippen LogP contribution >= 0.6 is 0 Å². The third-order valence-corrected chi connectivity index (χ3v) is 3.11. The van der Waals surface area contributed by atoms with E-state index in [9.17, 15) is 9.59 Å². The molecule has 0 bridgehead atoms. The first-order chi connectivity index (χ1) is 10.1. The van der Waals surface area contributed by atoms with Crippen LogP contribution in [0.5, 0.6) is 0 Å². The van der Waals surface area contributed by atoms with E-state index in [0.717, 1.165) is 24.1 Å². The maximum atomic E-state index is 11.8. The van der Waals surface area contributed by atoms with Crippen molar-refractivity contribution in [3.05, 3.63) is 29.6 Å². The number of rotatable bonds is 4. The molecule has 2 N–H and O–H groups in total. The Morgan fingerprint density at radius 1 is 1.33 bits per heavy atom. The van der Waals surface area contributed by atoms with Crippen LogP contribution in [-0.2, 0) is 16.2 Å². The number of urea groups is 1. The van der Waals surface area contributed by atoms with Crippen molar-refractivity contribution in [1.82, 2.24) is 20.7 Å². The summed E-state index contributed by atoms with van der Waals surface area (Å²) in [5, 5.41) is 6.51. The molecule has 7 heteroatoms. The molecule has 2 rings (SSSR count). The summed E-state index contributed by atoms with van der Waals surface area (Å²) in [5.74, 6) is -0.234. The number of pyridine rings is 1. The molecule has 21 heavy (non-hydrogen) atoms. The largest absolute Gasteiger partial charge is 0.334 e. The smallest absolute Gasteiger partial charge is 0.315 e. The average molecular weight is 292 g/mol. The topological polar surface area (TPSA) is 83.6 Å². The van der Waals surface area contributed by atoms with E-state index in [4.69, 9.17) is 4.84 Å². The summed E-state index contributed by atoms with van der Waals surface area (Å²) in [6.07, 6.45) is 3.60. The molecule has 0 spiro atoms. The fourth-order valence-electron chi connectivity index (χ4n) is 1.89. The minimum absolute atomic E-state index is 0.0714. The molecule has 0 radical (unpaired) electrons. The fourth-order valence-corrected chi connectivity index (χ4v) is 1.89. The van der Waals surface area contributed by atoms with Crippen LogP contribution in [0.2, 0.25) is 0 Å². The number of carbonyl (C=O) groups is 2. The minimum Gasteiger partial charge on any atom is -0.334 e. The highest BCUT2D eigenvalue weighted by atomic mass is 16.7. The second-order valence-corrected chi connectivity index (χ2v) is 4.88. The van der Waals surface area contributed by atoms with Crippen molar-refractivity contribution in [2.24, 2.45) is 0 Å². The van der Waals surface area contributed by atoms with Crippen molar-refractivity contribution >= 4 is 11.9 Å². The lowest BCUT2D eigenvalue weighted by atomic mass is 10.2. The minimum atomic E-state index is -0.388. The SMILES string of the molecule is Cc1ccc(CNC(=O)NCC(=O)N2CCCCO2)cn1. The van der Waals surface area contributed by atoms with Gasteiger partial charge in [-0.15, -0.1) is 0 Å². The zero-order valence-electron chi connectivity index (χ0n) is 12.1. The summed E-state index contributed by atoms with van der Waals surface area (Å²) in [7, 11) is 0. The Kier molecular flexibility index (Phi) is 5.51. The number of aryl methyl sites for hydroxylation is 1. The summed E-state index contributed by atoms with van der Waals surface area (Å²) >= 11 is 0. The highest BCUT2D eigenvalue weighted by molar-refractivity contribution is 5.83. The second kappa shape index (κ2) is 7.58. The maximum absolute atomic E-state index is 11.8. The van der Waals surface area contributed by atoms with Crippen LogP contribution in [0.3, 0.4) is 0 Å². The van der Waals surface area contributed by atoms with Crippen LogP contribution in [0.1, 0.15) is 24.1 Å². The standard InChI is InChI=1S/C14H20N4O3/c1-11-4-5-12(8-15-11)9-16-14(20)17-10-13(19)18-6-2-3-7-21-18/h4-5,8H,2-3,6-7,9-10H2,1H3,(H2,16,17,20). The zero-order valence-corrected chi connectivity index (χ0v) is 12.1. The van der Waals surface area contributed by atoms with Crippen LogP contribution in [0.4, 0.5) is 4.79 Å². The van der Waals surface area contributed by atoms with Crippen molar-refractivity contribution in [1.29, 1.82) is 0 Å². The van der Waals surface area contributed by atoms with Gasteiger partial charge in [-0.3, -0.25) is 14.6 Å². The molecular formula is C14H20N4O3. The normalized spacial score (nSPS) is 14.6. The van der Waals surface area contributed by atoms with Gasteiger partial charge in [0.2, 0.25) is 0 Å². The van der Waals surface area contributed by atoms with Crippen LogP contribution in [0, 0.1) is 6.92 Å². The van der Waals surface area contributed by atoms with Gasteiger partial charge in [0.1, 0.15) is 6.54 Å². The molecule has 7 nitrogen and oxygen atoms in total. The molecule has 1 aliphatic heterocycles.